The molecule has 1 aromatic rings. The lowest BCUT2D eigenvalue weighted by molar-refractivity contribution is 0.176. The average molecular weight is 275 g/mol. The second kappa shape index (κ2) is 5.12. The summed E-state index contributed by atoms with van der Waals surface area (Å²) in [7, 11) is 0. The molecule has 1 aliphatic heterocycles. The van der Waals surface area contributed by atoms with Gasteiger partial charge in [0.1, 0.15) is 0 Å². The van der Waals surface area contributed by atoms with Gasteiger partial charge in [0.2, 0.25) is 0 Å². The van der Waals surface area contributed by atoms with E-state index in [1.807, 2.05) is 0 Å². The maximum atomic E-state index is 11.8. The monoisotopic (exact) mass is 274 g/mol. The molecule has 0 aliphatic carbocycles. The molecule has 0 aromatic heterocycles. The molecule has 0 unspecified atom stereocenters. The Morgan fingerprint density at radius 1 is 1.41 bits per heavy atom. The Kier molecular flexibility index (Phi) is 3.76. The van der Waals surface area contributed by atoms with Crippen LogP contribution in [-0.4, -0.2) is 35.2 Å². The van der Waals surface area contributed by atoms with Gasteiger partial charge in [0.05, 0.1) is 16.1 Å². The summed E-state index contributed by atoms with van der Waals surface area (Å²) in [6, 6.07) is 4.66. The van der Waals surface area contributed by atoms with Gasteiger partial charge in [-0.15, -0.1) is 0 Å². The van der Waals surface area contributed by atoms with E-state index in [0.717, 1.165) is 0 Å². The number of β-amino-alcohol motifs (C(OH)–C–C–N with tert-alkyl or cyclic N) is 1. The summed E-state index contributed by atoms with van der Waals surface area (Å²) < 4.78 is 0. The Hall–Kier alpha value is -0.970. The van der Waals surface area contributed by atoms with E-state index >= 15 is 0 Å². The third kappa shape index (κ3) is 3.03. The number of likely N-dealkylation sites (tertiary alicyclic amines) is 1. The zero-order valence-corrected chi connectivity index (χ0v) is 10.5. The SMILES string of the molecule is O=C(Nc1ccc(Cl)c(Cl)c1)N1CC[C@H](O)C1. The molecule has 0 bridgehead atoms. The minimum Gasteiger partial charge on any atom is -0.391 e. The van der Waals surface area contributed by atoms with Crippen LogP contribution < -0.4 is 5.32 Å². The van der Waals surface area contributed by atoms with Crippen LogP contribution in [0.3, 0.4) is 0 Å². The number of hydrogen-bond donors (Lipinski definition) is 2. The molecule has 0 spiro atoms. The third-order valence-electron chi connectivity index (χ3n) is 2.62. The number of hydrogen-bond acceptors (Lipinski definition) is 2. The topological polar surface area (TPSA) is 52.6 Å². The van der Waals surface area contributed by atoms with Crippen molar-refractivity contribution in [2.45, 2.75) is 12.5 Å². The van der Waals surface area contributed by atoms with Crippen molar-refractivity contribution in [1.29, 1.82) is 0 Å². The van der Waals surface area contributed by atoms with E-state index in [-0.39, 0.29) is 6.03 Å². The van der Waals surface area contributed by atoms with Gasteiger partial charge in [-0.25, -0.2) is 4.79 Å². The highest BCUT2D eigenvalue weighted by molar-refractivity contribution is 6.42. The first kappa shape index (κ1) is 12.5. The van der Waals surface area contributed by atoms with Crippen molar-refractivity contribution in [3.8, 4) is 0 Å². The lowest BCUT2D eigenvalue weighted by atomic mass is 10.3. The summed E-state index contributed by atoms with van der Waals surface area (Å²) in [6.07, 6.45) is 0.198. The maximum absolute atomic E-state index is 11.8. The number of anilines is 1. The van der Waals surface area contributed by atoms with Crippen molar-refractivity contribution in [2.75, 3.05) is 18.4 Å². The van der Waals surface area contributed by atoms with Crippen LogP contribution >= 0.6 is 23.2 Å². The molecule has 92 valence electrons. The first-order valence-electron chi connectivity index (χ1n) is 5.25. The van der Waals surface area contributed by atoms with Crippen molar-refractivity contribution in [1.82, 2.24) is 4.90 Å². The second-order valence-electron chi connectivity index (χ2n) is 3.95. The summed E-state index contributed by atoms with van der Waals surface area (Å²) in [5.41, 5.74) is 0.589. The van der Waals surface area contributed by atoms with E-state index in [2.05, 4.69) is 5.32 Å². The quantitative estimate of drug-likeness (QED) is 0.827. The fraction of sp³-hybridized carbons (Fsp3) is 0.364. The summed E-state index contributed by atoms with van der Waals surface area (Å²) in [6.45, 7) is 0.932. The fourth-order valence-electron chi connectivity index (χ4n) is 1.70. The molecule has 1 aromatic carbocycles. The van der Waals surface area contributed by atoms with E-state index in [9.17, 15) is 9.90 Å². The van der Waals surface area contributed by atoms with Crippen molar-refractivity contribution >= 4 is 34.9 Å². The zero-order valence-electron chi connectivity index (χ0n) is 8.99. The Bertz CT molecular complexity index is 439. The highest BCUT2D eigenvalue weighted by Gasteiger charge is 2.24. The van der Waals surface area contributed by atoms with Gasteiger partial charge < -0.3 is 15.3 Å². The summed E-state index contributed by atoms with van der Waals surface area (Å²) in [5, 5.41) is 12.9. The lowest BCUT2D eigenvalue weighted by Gasteiger charge is -2.16. The van der Waals surface area contributed by atoms with Gasteiger partial charge in [0.25, 0.3) is 0 Å². The highest BCUT2D eigenvalue weighted by Crippen LogP contribution is 2.25. The molecule has 6 heteroatoms. The van der Waals surface area contributed by atoms with Crippen molar-refractivity contribution in [3.05, 3.63) is 28.2 Å². The Morgan fingerprint density at radius 2 is 2.18 bits per heavy atom. The predicted octanol–water partition coefficient (Wildman–Crippen LogP) is 2.59. The van der Waals surface area contributed by atoms with Crippen molar-refractivity contribution in [2.24, 2.45) is 0 Å². The third-order valence-corrected chi connectivity index (χ3v) is 3.36. The van der Waals surface area contributed by atoms with Gasteiger partial charge in [-0.1, -0.05) is 23.2 Å². The number of aliphatic hydroxyl groups is 1. The standard InChI is InChI=1S/C11H12Cl2N2O2/c12-9-2-1-7(5-10(9)13)14-11(17)15-4-3-8(16)6-15/h1-2,5,8,16H,3-4,6H2,(H,14,17)/t8-/m0/s1. The van der Waals surface area contributed by atoms with Gasteiger partial charge >= 0.3 is 6.03 Å². The van der Waals surface area contributed by atoms with E-state index in [4.69, 9.17) is 23.2 Å². The van der Waals surface area contributed by atoms with Crippen LogP contribution in [0.25, 0.3) is 0 Å². The lowest BCUT2D eigenvalue weighted by Crippen LogP contribution is -2.33. The molecule has 1 heterocycles. The number of rotatable bonds is 1. The van der Waals surface area contributed by atoms with Crippen LogP contribution in [0.2, 0.25) is 10.0 Å². The van der Waals surface area contributed by atoms with Gasteiger partial charge in [-0.05, 0) is 24.6 Å². The molecule has 1 fully saturated rings. The largest absolute Gasteiger partial charge is 0.391 e. The number of halogens is 2. The molecule has 2 N–H and O–H groups in total. The number of urea groups is 1. The smallest absolute Gasteiger partial charge is 0.321 e. The highest BCUT2D eigenvalue weighted by atomic mass is 35.5. The number of benzene rings is 1. The van der Waals surface area contributed by atoms with Gasteiger partial charge in [-0.3, -0.25) is 0 Å². The summed E-state index contributed by atoms with van der Waals surface area (Å²) in [4.78, 5) is 13.3. The second-order valence-corrected chi connectivity index (χ2v) is 4.76. The number of carbonyl (C=O) groups excluding carboxylic acids is 1. The Labute approximate surface area is 109 Å². The zero-order chi connectivity index (χ0) is 12.4. The number of amides is 2. The van der Waals surface area contributed by atoms with E-state index in [1.54, 1.807) is 23.1 Å². The summed E-state index contributed by atoms with van der Waals surface area (Å²) >= 11 is 11.6. The molecule has 2 amide bonds. The van der Waals surface area contributed by atoms with E-state index in [1.165, 1.54) is 0 Å². The van der Waals surface area contributed by atoms with Crippen LogP contribution in [-0.2, 0) is 0 Å². The minimum atomic E-state index is -0.422. The van der Waals surface area contributed by atoms with Crippen LogP contribution in [0.5, 0.6) is 0 Å². The van der Waals surface area contributed by atoms with Crippen LogP contribution in [0.4, 0.5) is 10.5 Å². The van der Waals surface area contributed by atoms with E-state index < -0.39 is 6.10 Å². The predicted molar refractivity (Wildman–Crippen MR) is 67.7 cm³/mol. The Balaban J connectivity index is 2.00. The normalized spacial score (nSPS) is 19.5. The molecule has 1 atom stereocenters. The molecule has 1 aliphatic rings. The number of nitrogens with one attached hydrogen (secondary N) is 1. The van der Waals surface area contributed by atoms with Gasteiger partial charge in [-0.2, -0.15) is 0 Å². The average Bonchev–Trinajstić information content (AvgIpc) is 2.70. The van der Waals surface area contributed by atoms with Crippen molar-refractivity contribution in [3.63, 3.8) is 0 Å². The molecule has 0 saturated carbocycles. The molecule has 17 heavy (non-hydrogen) atoms. The van der Waals surface area contributed by atoms with E-state index in [0.29, 0.717) is 35.2 Å². The Morgan fingerprint density at radius 3 is 2.76 bits per heavy atom. The molecule has 0 radical (unpaired) electrons. The number of aliphatic hydroxyl groups excluding tert-OH is 1. The first-order valence-corrected chi connectivity index (χ1v) is 6.01. The molecular formula is C11H12Cl2N2O2. The molecular weight excluding hydrogens is 263 g/mol. The molecule has 2 rings (SSSR count). The minimum absolute atomic E-state index is 0.236. The summed E-state index contributed by atoms with van der Waals surface area (Å²) in [5.74, 6) is 0. The number of carbonyl (C=O) groups is 1. The van der Waals surface area contributed by atoms with Crippen LogP contribution in [0.1, 0.15) is 6.42 Å². The van der Waals surface area contributed by atoms with Gasteiger partial charge in [0.15, 0.2) is 0 Å². The van der Waals surface area contributed by atoms with Crippen molar-refractivity contribution < 1.29 is 9.90 Å². The van der Waals surface area contributed by atoms with Crippen LogP contribution in [0.15, 0.2) is 18.2 Å². The van der Waals surface area contributed by atoms with Gasteiger partial charge in [0, 0.05) is 18.8 Å². The maximum Gasteiger partial charge on any atom is 0.321 e. The fourth-order valence-corrected chi connectivity index (χ4v) is 2.00. The molecule has 1 saturated heterocycles. The van der Waals surface area contributed by atoms with Crippen LogP contribution in [0, 0.1) is 0 Å². The molecule has 4 nitrogen and oxygen atoms in total. The first-order chi connectivity index (χ1) is 8.06. The number of nitrogens with zero attached hydrogens (tertiary/aromatic N) is 1.